The zero-order chi connectivity index (χ0) is 42.8. The number of allylic oxidation sites excluding steroid dienone is 9. The Hall–Kier alpha value is -1.80. The highest BCUT2D eigenvalue weighted by atomic mass is 31.2. The molecule has 0 bridgehead atoms. The van der Waals surface area contributed by atoms with Crippen LogP contribution in [0.25, 0.3) is 0 Å². The maximum Gasteiger partial charge on any atom is 0.472 e. The minimum atomic E-state index is -4.33. The van der Waals surface area contributed by atoms with Crippen LogP contribution >= 0.6 is 7.82 Å². The average Bonchev–Trinajstić information content (AvgIpc) is 3.17. The third-order valence-corrected chi connectivity index (χ3v) is 11.2. The molecule has 8 nitrogen and oxygen atoms in total. The van der Waals surface area contributed by atoms with E-state index in [0.717, 1.165) is 64.2 Å². The normalized spacial score (nSPS) is 14.8. The van der Waals surface area contributed by atoms with Crippen molar-refractivity contribution in [1.29, 1.82) is 0 Å². The van der Waals surface area contributed by atoms with Crippen molar-refractivity contribution in [2.24, 2.45) is 0 Å². The Bertz CT molecular complexity index is 1130. The number of aliphatic hydroxyl groups is 1. The van der Waals surface area contributed by atoms with Gasteiger partial charge in [-0.15, -0.1) is 0 Å². The Kier molecular flexibility index (Phi) is 39.3. The van der Waals surface area contributed by atoms with Crippen LogP contribution in [0.2, 0.25) is 0 Å². The maximum atomic E-state index is 12.9. The second-order valence-electron chi connectivity index (χ2n) is 17.1. The fourth-order valence-electron chi connectivity index (χ4n) is 6.50. The van der Waals surface area contributed by atoms with E-state index in [1.165, 1.54) is 109 Å². The minimum absolute atomic E-state index is 0.0597. The molecule has 0 aliphatic heterocycles. The molecule has 0 radical (unpaired) electrons. The second-order valence-corrected chi connectivity index (χ2v) is 18.6. The molecule has 1 amide bonds. The number of nitrogens with one attached hydrogen (secondary N) is 1. The second kappa shape index (κ2) is 40.6. The SMILES string of the molecule is CC/C=C\C/C=C\C/C=C\C/C=C\CCCCCCCCCCCCCCCCC(=O)NC(COP(=O)(O)OCC[N+](C)(C)C)C(O)/C=C/CCCCCCCCC. The van der Waals surface area contributed by atoms with E-state index in [9.17, 15) is 19.4 Å². The molecular weight excluding hydrogens is 744 g/mol. The van der Waals surface area contributed by atoms with Gasteiger partial charge in [0.1, 0.15) is 13.2 Å². The number of quaternary nitrogens is 1. The summed E-state index contributed by atoms with van der Waals surface area (Å²) in [6, 6.07) is -0.845. The van der Waals surface area contributed by atoms with Gasteiger partial charge in [-0.3, -0.25) is 13.8 Å². The summed E-state index contributed by atoms with van der Waals surface area (Å²) < 4.78 is 23.5. The van der Waals surface area contributed by atoms with Gasteiger partial charge in [0.05, 0.1) is 39.9 Å². The van der Waals surface area contributed by atoms with E-state index < -0.39 is 20.0 Å². The molecule has 0 spiro atoms. The Morgan fingerprint density at radius 1 is 0.603 bits per heavy atom. The molecule has 338 valence electrons. The first-order chi connectivity index (χ1) is 28.0. The summed E-state index contributed by atoms with van der Waals surface area (Å²) in [6.07, 6.45) is 53.1. The number of hydrogen-bond donors (Lipinski definition) is 3. The van der Waals surface area contributed by atoms with Crippen molar-refractivity contribution >= 4 is 13.7 Å². The lowest BCUT2D eigenvalue weighted by Gasteiger charge is -2.25. The highest BCUT2D eigenvalue weighted by Gasteiger charge is 2.27. The monoisotopic (exact) mass is 836 g/mol. The number of likely N-dealkylation sites (N-methyl/N-ethyl adjacent to an activating group) is 1. The highest BCUT2D eigenvalue weighted by molar-refractivity contribution is 7.47. The molecule has 0 saturated carbocycles. The van der Waals surface area contributed by atoms with Crippen molar-refractivity contribution in [3.63, 3.8) is 0 Å². The van der Waals surface area contributed by atoms with Gasteiger partial charge >= 0.3 is 7.82 Å². The highest BCUT2D eigenvalue weighted by Crippen LogP contribution is 2.43. The molecule has 0 fully saturated rings. The van der Waals surface area contributed by atoms with Gasteiger partial charge in [-0.25, -0.2) is 4.57 Å². The smallest absolute Gasteiger partial charge is 0.387 e. The van der Waals surface area contributed by atoms with Gasteiger partial charge in [-0.2, -0.15) is 0 Å². The number of nitrogens with zero attached hydrogens (tertiary/aromatic N) is 1. The fraction of sp³-hybridized carbons (Fsp3) is 0.776. The Morgan fingerprint density at radius 2 is 1.03 bits per heavy atom. The summed E-state index contributed by atoms with van der Waals surface area (Å²) in [6.45, 7) is 4.66. The fourth-order valence-corrected chi connectivity index (χ4v) is 7.24. The van der Waals surface area contributed by atoms with Crippen LogP contribution in [0.1, 0.15) is 194 Å². The van der Waals surface area contributed by atoms with Gasteiger partial charge in [0.25, 0.3) is 0 Å². The van der Waals surface area contributed by atoms with Gasteiger partial charge in [0.15, 0.2) is 0 Å². The van der Waals surface area contributed by atoms with Crippen molar-refractivity contribution < 1.29 is 32.9 Å². The van der Waals surface area contributed by atoms with E-state index >= 15 is 0 Å². The van der Waals surface area contributed by atoms with E-state index in [2.05, 4.69) is 67.8 Å². The molecule has 0 aromatic heterocycles. The number of phosphoric acid groups is 1. The lowest BCUT2D eigenvalue weighted by molar-refractivity contribution is -0.870. The molecule has 3 unspecified atom stereocenters. The predicted molar refractivity (Wildman–Crippen MR) is 249 cm³/mol. The summed E-state index contributed by atoms with van der Waals surface area (Å²) in [5.74, 6) is -0.183. The number of phosphoric ester groups is 1. The topological polar surface area (TPSA) is 105 Å². The van der Waals surface area contributed by atoms with E-state index in [1.54, 1.807) is 6.08 Å². The number of carbonyl (C=O) groups is 1. The van der Waals surface area contributed by atoms with Crippen LogP contribution in [0.15, 0.2) is 60.8 Å². The van der Waals surface area contributed by atoms with Gasteiger partial charge in [-0.1, -0.05) is 190 Å². The maximum absolute atomic E-state index is 12.9. The van der Waals surface area contributed by atoms with Crippen molar-refractivity contribution in [1.82, 2.24) is 5.32 Å². The van der Waals surface area contributed by atoms with E-state index in [-0.39, 0.29) is 19.1 Å². The molecule has 0 heterocycles. The first-order valence-electron chi connectivity index (χ1n) is 23.7. The molecule has 0 saturated heterocycles. The summed E-state index contributed by atoms with van der Waals surface area (Å²) in [4.78, 5) is 23.1. The number of hydrogen-bond acceptors (Lipinski definition) is 5. The molecule has 0 aliphatic carbocycles. The molecule has 0 aromatic carbocycles. The third-order valence-electron chi connectivity index (χ3n) is 10.2. The van der Waals surface area contributed by atoms with Crippen LogP contribution in [0.4, 0.5) is 0 Å². The molecule has 3 atom stereocenters. The molecule has 58 heavy (non-hydrogen) atoms. The Morgan fingerprint density at radius 3 is 1.52 bits per heavy atom. The standard InChI is InChI=1S/C49H91N2O6P/c1-6-8-10-12-14-16-17-18-19-20-21-22-23-24-25-26-27-28-29-30-31-32-33-35-37-39-41-43-49(53)50-47(46-57-58(54,55)56-45-44-51(3,4)5)48(52)42-40-38-36-34-15-13-11-9-7-2/h8,10,14,16,18-19,21-22,40,42,47-48,52H,6-7,9,11-13,15,17,20,23-39,41,43-46H2,1-5H3,(H-,50,53,54,55)/p+1/b10-8-,16-14-,19-18-,22-21-,42-40+. The van der Waals surface area contributed by atoms with E-state index in [1.807, 2.05) is 27.2 Å². The quantitative estimate of drug-likeness (QED) is 0.0245. The Labute approximate surface area is 358 Å². The average molecular weight is 836 g/mol. The third kappa shape index (κ3) is 42.3. The Balaban J connectivity index is 4.12. The molecule has 0 rings (SSSR count). The van der Waals surface area contributed by atoms with Crippen LogP contribution in [0.5, 0.6) is 0 Å². The number of unbranched alkanes of at least 4 members (excludes halogenated alkanes) is 21. The molecule has 0 aliphatic rings. The van der Waals surface area contributed by atoms with Crippen LogP contribution < -0.4 is 5.32 Å². The molecular formula is C49H92N2O6P+. The summed E-state index contributed by atoms with van der Waals surface area (Å²) in [5, 5.41) is 13.8. The number of aliphatic hydroxyl groups excluding tert-OH is 1. The molecule has 9 heteroatoms. The van der Waals surface area contributed by atoms with Gasteiger partial charge in [0.2, 0.25) is 5.91 Å². The van der Waals surface area contributed by atoms with Gasteiger partial charge < -0.3 is 19.8 Å². The minimum Gasteiger partial charge on any atom is -0.387 e. The number of amides is 1. The lowest BCUT2D eigenvalue weighted by Crippen LogP contribution is -2.45. The largest absolute Gasteiger partial charge is 0.472 e. The van der Waals surface area contributed by atoms with Gasteiger partial charge in [0, 0.05) is 6.42 Å². The zero-order valence-corrected chi connectivity index (χ0v) is 39.2. The van der Waals surface area contributed by atoms with Crippen LogP contribution in [-0.2, 0) is 18.4 Å². The van der Waals surface area contributed by atoms with Gasteiger partial charge in [-0.05, 0) is 57.8 Å². The molecule has 3 N–H and O–H groups in total. The number of rotatable bonds is 42. The van der Waals surface area contributed by atoms with Crippen molar-refractivity contribution in [2.75, 3.05) is 40.9 Å². The zero-order valence-electron chi connectivity index (χ0n) is 38.3. The summed E-state index contributed by atoms with van der Waals surface area (Å²) >= 11 is 0. The first kappa shape index (κ1) is 56.2. The van der Waals surface area contributed by atoms with Crippen LogP contribution in [0, 0.1) is 0 Å². The van der Waals surface area contributed by atoms with Crippen molar-refractivity contribution in [3.05, 3.63) is 60.8 Å². The summed E-state index contributed by atoms with van der Waals surface area (Å²) in [7, 11) is 1.56. The van der Waals surface area contributed by atoms with Crippen LogP contribution in [-0.4, -0.2) is 73.4 Å². The number of carbonyl (C=O) groups excluding carboxylic acids is 1. The summed E-state index contributed by atoms with van der Waals surface area (Å²) in [5.41, 5.74) is 0. The van der Waals surface area contributed by atoms with Crippen molar-refractivity contribution in [3.8, 4) is 0 Å². The lowest BCUT2D eigenvalue weighted by atomic mass is 10.0. The molecule has 0 aromatic rings. The predicted octanol–water partition coefficient (Wildman–Crippen LogP) is 13.4. The van der Waals surface area contributed by atoms with E-state index in [0.29, 0.717) is 17.4 Å². The van der Waals surface area contributed by atoms with Crippen LogP contribution in [0.3, 0.4) is 0 Å². The van der Waals surface area contributed by atoms with E-state index in [4.69, 9.17) is 9.05 Å². The van der Waals surface area contributed by atoms with Crippen molar-refractivity contribution in [2.45, 2.75) is 206 Å². The first-order valence-corrected chi connectivity index (χ1v) is 25.2.